The number of allylic oxidation sites excluding steroid dienone is 1. The predicted octanol–water partition coefficient (Wildman–Crippen LogP) is 6.24. The summed E-state index contributed by atoms with van der Waals surface area (Å²) in [5, 5.41) is 2.31. The first-order chi connectivity index (χ1) is 13.8. The molecule has 0 atom stereocenters. The van der Waals surface area contributed by atoms with Gasteiger partial charge < -0.3 is 0 Å². The number of carbonyl (C=O) groups excluding carboxylic acids is 2. The second kappa shape index (κ2) is 8.80. The second-order valence-electron chi connectivity index (χ2n) is 6.48. The van der Waals surface area contributed by atoms with Crippen LogP contribution in [0.25, 0.3) is 6.08 Å². The fourth-order valence-electron chi connectivity index (χ4n) is 2.91. The van der Waals surface area contributed by atoms with Gasteiger partial charge in [0.2, 0.25) is 5.91 Å². The third kappa shape index (κ3) is 4.68. The molecule has 7 heteroatoms. The van der Waals surface area contributed by atoms with E-state index in [-0.39, 0.29) is 16.2 Å². The molecule has 0 aliphatic carbocycles. The van der Waals surface area contributed by atoms with Crippen LogP contribution in [0.5, 0.6) is 0 Å². The Kier molecular flexibility index (Phi) is 6.39. The van der Waals surface area contributed by atoms with Gasteiger partial charge in [-0.15, -0.1) is 11.3 Å². The van der Waals surface area contributed by atoms with Crippen LogP contribution in [0.1, 0.15) is 34.1 Å². The van der Waals surface area contributed by atoms with Gasteiger partial charge in [-0.2, -0.15) is 0 Å². The summed E-state index contributed by atoms with van der Waals surface area (Å²) in [4.78, 5) is 30.8. The first-order valence-electron chi connectivity index (χ1n) is 8.78. The number of hydrogen-bond donors (Lipinski definition) is 0. The number of thiazole rings is 1. The zero-order chi connectivity index (χ0) is 21.1. The van der Waals surface area contributed by atoms with Gasteiger partial charge in [0.15, 0.2) is 10.9 Å². The van der Waals surface area contributed by atoms with Crippen molar-refractivity contribution in [2.24, 2.45) is 0 Å². The summed E-state index contributed by atoms with van der Waals surface area (Å²) >= 11 is 4.40. The zero-order valence-corrected chi connectivity index (χ0v) is 18.5. The Morgan fingerprint density at radius 3 is 2.48 bits per heavy atom. The maximum Gasteiger partial charge on any atom is 0.230 e. The van der Waals surface area contributed by atoms with Crippen molar-refractivity contribution in [2.45, 2.75) is 20.8 Å². The molecule has 1 heterocycles. The SMILES string of the molecule is CC(=O)N(c1nc(/C=C/C(=O)c2ccc(F)c(Br)c2)cs1)c1c(C)cccc1C. The van der Waals surface area contributed by atoms with E-state index in [4.69, 9.17) is 0 Å². The lowest BCUT2D eigenvalue weighted by Crippen LogP contribution is -2.24. The van der Waals surface area contributed by atoms with Crippen LogP contribution in [-0.4, -0.2) is 16.7 Å². The molecule has 0 saturated carbocycles. The van der Waals surface area contributed by atoms with Gasteiger partial charge in [0.25, 0.3) is 0 Å². The minimum atomic E-state index is -0.425. The first kappa shape index (κ1) is 21.1. The summed E-state index contributed by atoms with van der Waals surface area (Å²) in [5.41, 5.74) is 3.70. The van der Waals surface area contributed by atoms with Gasteiger partial charge in [0.05, 0.1) is 15.9 Å². The van der Waals surface area contributed by atoms with Crippen molar-refractivity contribution < 1.29 is 14.0 Å². The summed E-state index contributed by atoms with van der Waals surface area (Å²) < 4.78 is 13.6. The van der Waals surface area contributed by atoms with Gasteiger partial charge >= 0.3 is 0 Å². The van der Waals surface area contributed by atoms with Crippen LogP contribution in [0, 0.1) is 19.7 Å². The van der Waals surface area contributed by atoms with Gasteiger partial charge in [0, 0.05) is 17.9 Å². The quantitative estimate of drug-likeness (QED) is 0.326. The van der Waals surface area contributed by atoms with E-state index in [1.165, 1.54) is 42.5 Å². The third-order valence-electron chi connectivity index (χ3n) is 4.29. The fourth-order valence-corrected chi connectivity index (χ4v) is 4.13. The van der Waals surface area contributed by atoms with Crippen LogP contribution < -0.4 is 4.90 Å². The number of halogens is 2. The van der Waals surface area contributed by atoms with Gasteiger partial charge in [-0.1, -0.05) is 18.2 Å². The van der Waals surface area contributed by atoms with E-state index in [1.54, 1.807) is 16.4 Å². The average Bonchev–Trinajstić information content (AvgIpc) is 3.13. The third-order valence-corrected chi connectivity index (χ3v) is 5.74. The smallest absolute Gasteiger partial charge is 0.230 e. The van der Waals surface area contributed by atoms with Gasteiger partial charge in [-0.05, 0) is 71.3 Å². The van der Waals surface area contributed by atoms with Crippen molar-refractivity contribution in [3.8, 4) is 0 Å². The molecule has 0 aliphatic heterocycles. The fraction of sp³-hybridized carbons (Fsp3) is 0.136. The van der Waals surface area contributed by atoms with Gasteiger partial charge in [0.1, 0.15) is 5.82 Å². The number of aryl methyl sites for hydroxylation is 2. The van der Waals surface area contributed by atoms with Crippen molar-refractivity contribution >= 4 is 55.9 Å². The summed E-state index contributed by atoms with van der Waals surface area (Å²) in [5.74, 6) is -0.830. The lowest BCUT2D eigenvalue weighted by molar-refractivity contribution is -0.115. The summed E-state index contributed by atoms with van der Waals surface area (Å²) in [6.07, 6.45) is 2.97. The molecule has 1 aromatic heterocycles. The summed E-state index contributed by atoms with van der Waals surface area (Å²) in [6, 6.07) is 9.95. The molecule has 148 valence electrons. The molecule has 0 aliphatic rings. The largest absolute Gasteiger partial charge is 0.289 e. The van der Waals surface area contributed by atoms with Crippen LogP contribution >= 0.6 is 27.3 Å². The highest BCUT2D eigenvalue weighted by Crippen LogP contribution is 2.34. The monoisotopic (exact) mass is 472 g/mol. The van der Waals surface area contributed by atoms with Crippen molar-refractivity contribution in [3.05, 3.63) is 80.5 Å². The maximum absolute atomic E-state index is 13.3. The van der Waals surface area contributed by atoms with Crippen LogP contribution in [0.4, 0.5) is 15.2 Å². The van der Waals surface area contributed by atoms with Gasteiger partial charge in [-0.25, -0.2) is 9.37 Å². The molecule has 29 heavy (non-hydrogen) atoms. The zero-order valence-electron chi connectivity index (χ0n) is 16.1. The van der Waals surface area contributed by atoms with Crippen molar-refractivity contribution in [1.82, 2.24) is 4.98 Å². The molecular formula is C22H18BrFN2O2S. The first-order valence-corrected chi connectivity index (χ1v) is 10.4. The Hall–Kier alpha value is -2.64. The normalized spacial score (nSPS) is 11.1. The van der Waals surface area contributed by atoms with Crippen LogP contribution in [0.3, 0.4) is 0 Å². The number of anilines is 2. The highest BCUT2D eigenvalue weighted by molar-refractivity contribution is 9.10. The minimum absolute atomic E-state index is 0.139. The number of ketones is 1. The molecule has 0 N–H and O–H groups in total. The standard InChI is InChI=1S/C22H18BrFN2O2S/c1-13-5-4-6-14(2)21(13)26(15(3)27)22-25-17(12-29-22)8-10-20(28)16-7-9-19(24)18(23)11-16/h4-12H,1-3H3/b10-8+. The van der Waals surface area contributed by atoms with Crippen molar-refractivity contribution in [3.63, 3.8) is 0 Å². The number of hydrogen-bond acceptors (Lipinski definition) is 4. The van der Waals surface area contributed by atoms with E-state index in [2.05, 4.69) is 20.9 Å². The highest BCUT2D eigenvalue weighted by Gasteiger charge is 2.21. The van der Waals surface area contributed by atoms with Crippen molar-refractivity contribution in [1.29, 1.82) is 0 Å². The molecule has 2 aromatic carbocycles. The average molecular weight is 473 g/mol. The molecule has 0 unspecified atom stereocenters. The summed E-state index contributed by atoms with van der Waals surface area (Å²) in [6.45, 7) is 5.40. The number of aromatic nitrogens is 1. The molecule has 0 fully saturated rings. The van der Waals surface area contributed by atoms with Gasteiger partial charge in [-0.3, -0.25) is 14.5 Å². The van der Waals surface area contributed by atoms with E-state index >= 15 is 0 Å². The molecule has 1 amide bonds. The van der Waals surface area contributed by atoms with E-state index in [9.17, 15) is 14.0 Å². The Bertz CT molecular complexity index is 1100. The number of benzene rings is 2. The Morgan fingerprint density at radius 2 is 1.86 bits per heavy atom. The Morgan fingerprint density at radius 1 is 1.17 bits per heavy atom. The molecule has 0 bridgehead atoms. The number of para-hydroxylation sites is 1. The Labute approximate surface area is 180 Å². The second-order valence-corrected chi connectivity index (χ2v) is 8.17. The topological polar surface area (TPSA) is 50.3 Å². The number of nitrogens with zero attached hydrogens (tertiary/aromatic N) is 2. The van der Waals surface area contributed by atoms with E-state index in [0.717, 1.165) is 16.8 Å². The highest BCUT2D eigenvalue weighted by atomic mass is 79.9. The minimum Gasteiger partial charge on any atom is -0.289 e. The number of rotatable bonds is 5. The molecule has 4 nitrogen and oxygen atoms in total. The molecule has 0 radical (unpaired) electrons. The predicted molar refractivity (Wildman–Crippen MR) is 118 cm³/mol. The number of carbonyl (C=O) groups is 2. The molecular weight excluding hydrogens is 455 g/mol. The molecule has 0 saturated heterocycles. The van der Waals surface area contributed by atoms with Crippen molar-refractivity contribution in [2.75, 3.05) is 4.90 Å². The lowest BCUT2D eigenvalue weighted by Gasteiger charge is -2.22. The molecule has 3 aromatic rings. The lowest BCUT2D eigenvalue weighted by atomic mass is 10.1. The molecule has 0 spiro atoms. The maximum atomic E-state index is 13.3. The van der Waals surface area contributed by atoms with Crippen LogP contribution in [0.2, 0.25) is 0 Å². The van der Waals surface area contributed by atoms with Crippen LogP contribution in [-0.2, 0) is 4.79 Å². The molecule has 3 rings (SSSR count). The van der Waals surface area contributed by atoms with Crippen LogP contribution in [0.15, 0.2) is 52.3 Å². The van der Waals surface area contributed by atoms with E-state index in [0.29, 0.717) is 16.4 Å². The Balaban J connectivity index is 1.87. The van der Waals surface area contributed by atoms with E-state index < -0.39 is 5.82 Å². The van der Waals surface area contributed by atoms with E-state index in [1.807, 2.05) is 32.0 Å². The number of amides is 1. The summed E-state index contributed by atoms with van der Waals surface area (Å²) in [7, 11) is 0.